The first kappa shape index (κ1) is 17.9. The first-order valence-corrected chi connectivity index (χ1v) is 9.52. The third-order valence-corrected chi connectivity index (χ3v) is 4.96. The molecule has 0 saturated heterocycles. The maximum Gasteiger partial charge on any atom is 0.275 e. The SMILES string of the molecule is O=C(Nc1ccccc1)[C@@H](Cc1ccccc1)Nc1nn2c(=O)ccnc2s1. The average molecular weight is 391 g/mol. The Hall–Kier alpha value is -3.52. The van der Waals surface area contributed by atoms with Gasteiger partial charge in [0, 0.05) is 24.4 Å². The molecule has 4 rings (SSSR count). The van der Waals surface area contributed by atoms with Gasteiger partial charge < -0.3 is 10.6 Å². The molecule has 0 aliphatic heterocycles. The van der Waals surface area contributed by atoms with Gasteiger partial charge in [0.05, 0.1) is 0 Å². The minimum Gasteiger partial charge on any atom is -0.348 e. The standard InChI is InChI=1S/C20H17N5O2S/c26-17-11-12-21-20-25(17)24-19(28-20)23-16(13-14-7-3-1-4-8-14)18(27)22-15-9-5-2-6-10-15/h1-12,16H,13H2,(H,22,27)(H,23,24)/t16-/m1/s1. The minimum absolute atomic E-state index is 0.186. The molecule has 140 valence electrons. The third kappa shape index (κ3) is 4.07. The second-order valence-electron chi connectivity index (χ2n) is 6.13. The monoisotopic (exact) mass is 391 g/mol. The Labute approximate surface area is 164 Å². The number of aromatic nitrogens is 3. The zero-order valence-electron chi connectivity index (χ0n) is 14.8. The fourth-order valence-electron chi connectivity index (χ4n) is 2.76. The average Bonchev–Trinajstić information content (AvgIpc) is 3.13. The third-order valence-electron chi connectivity index (χ3n) is 4.11. The van der Waals surface area contributed by atoms with E-state index in [4.69, 9.17) is 0 Å². The van der Waals surface area contributed by atoms with Crippen molar-refractivity contribution < 1.29 is 4.79 Å². The van der Waals surface area contributed by atoms with Crippen LogP contribution in [0, 0.1) is 0 Å². The van der Waals surface area contributed by atoms with E-state index in [9.17, 15) is 9.59 Å². The second-order valence-corrected chi connectivity index (χ2v) is 7.08. The van der Waals surface area contributed by atoms with Gasteiger partial charge in [-0.25, -0.2) is 4.98 Å². The summed E-state index contributed by atoms with van der Waals surface area (Å²) in [5.41, 5.74) is 1.47. The maximum absolute atomic E-state index is 12.9. The molecule has 1 atom stereocenters. The molecule has 28 heavy (non-hydrogen) atoms. The highest BCUT2D eigenvalue weighted by Crippen LogP contribution is 2.19. The number of fused-ring (bicyclic) bond motifs is 1. The molecular weight excluding hydrogens is 374 g/mol. The molecule has 0 saturated carbocycles. The molecule has 7 nitrogen and oxygen atoms in total. The molecule has 0 fully saturated rings. The maximum atomic E-state index is 12.9. The summed E-state index contributed by atoms with van der Waals surface area (Å²) < 4.78 is 1.22. The van der Waals surface area contributed by atoms with Gasteiger partial charge in [0.1, 0.15) is 6.04 Å². The summed E-state index contributed by atoms with van der Waals surface area (Å²) in [7, 11) is 0. The Kier molecular flexibility index (Phi) is 5.11. The van der Waals surface area contributed by atoms with Gasteiger partial charge in [0.25, 0.3) is 5.56 Å². The molecule has 0 unspecified atom stereocenters. The smallest absolute Gasteiger partial charge is 0.275 e. The van der Waals surface area contributed by atoms with Crippen LogP contribution in [0.3, 0.4) is 0 Å². The summed E-state index contributed by atoms with van der Waals surface area (Å²) in [5, 5.41) is 10.8. The molecule has 0 aliphatic rings. The van der Waals surface area contributed by atoms with Crippen LogP contribution in [0.4, 0.5) is 10.8 Å². The number of amides is 1. The van der Waals surface area contributed by atoms with Crippen LogP contribution in [-0.2, 0) is 11.2 Å². The molecule has 8 heteroatoms. The number of hydrogen-bond acceptors (Lipinski definition) is 6. The van der Waals surface area contributed by atoms with Gasteiger partial charge in [0.15, 0.2) is 0 Å². The van der Waals surface area contributed by atoms with Gasteiger partial charge in [-0.05, 0) is 17.7 Å². The highest BCUT2D eigenvalue weighted by Gasteiger charge is 2.21. The lowest BCUT2D eigenvalue weighted by molar-refractivity contribution is -0.116. The summed E-state index contributed by atoms with van der Waals surface area (Å²) in [6, 6.07) is 19.8. The second kappa shape index (κ2) is 8.01. The Balaban J connectivity index is 1.60. The number of para-hydroxylation sites is 1. The Bertz CT molecular complexity index is 1140. The van der Waals surface area contributed by atoms with Crippen molar-refractivity contribution in [3.63, 3.8) is 0 Å². The molecule has 0 aliphatic carbocycles. The van der Waals surface area contributed by atoms with Crippen molar-refractivity contribution in [1.29, 1.82) is 0 Å². The molecule has 0 radical (unpaired) electrons. The van der Waals surface area contributed by atoms with Crippen LogP contribution in [-0.4, -0.2) is 26.5 Å². The van der Waals surface area contributed by atoms with Crippen molar-refractivity contribution in [3.05, 3.63) is 88.8 Å². The Morgan fingerprint density at radius 3 is 2.46 bits per heavy atom. The number of rotatable bonds is 6. The number of hydrogen-bond donors (Lipinski definition) is 2. The Morgan fingerprint density at radius 2 is 1.75 bits per heavy atom. The van der Waals surface area contributed by atoms with Crippen molar-refractivity contribution in [3.8, 4) is 0 Å². The zero-order chi connectivity index (χ0) is 19.3. The van der Waals surface area contributed by atoms with E-state index in [0.29, 0.717) is 16.5 Å². The van der Waals surface area contributed by atoms with E-state index in [2.05, 4.69) is 20.7 Å². The topological polar surface area (TPSA) is 88.4 Å². The lowest BCUT2D eigenvalue weighted by Crippen LogP contribution is -2.36. The molecule has 2 heterocycles. The first-order valence-electron chi connectivity index (χ1n) is 8.70. The lowest BCUT2D eigenvalue weighted by atomic mass is 10.1. The van der Waals surface area contributed by atoms with Crippen LogP contribution in [0.2, 0.25) is 0 Å². The van der Waals surface area contributed by atoms with E-state index in [1.54, 1.807) is 0 Å². The fourth-order valence-corrected chi connectivity index (χ4v) is 3.59. The molecule has 1 amide bonds. The van der Waals surface area contributed by atoms with Crippen LogP contribution in [0.25, 0.3) is 4.96 Å². The molecule has 2 N–H and O–H groups in total. The number of nitrogens with one attached hydrogen (secondary N) is 2. The zero-order valence-corrected chi connectivity index (χ0v) is 15.6. The van der Waals surface area contributed by atoms with Gasteiger partial charge >= 0.3 is 0 Å². The van der Waals surface area contributed by atoms with E-state index in [1.807, 2.05) is 60.7 Å². The summed E-state index contributed by atoms with van der Waals surface area (Å²) >= 11 is 1.22. The largest absolute Gasteiger partial charge is 0.348 e. The molecule has 4 aromatic rings. The van der Waals surface area contributed by atoms with Gasteiger partial charge in [-0.1, -0.05) is 59.9 Å². The van der Waals surface area contributed by atoms with E-state index in [1.165, 1.54) is 28.1 Å². The summed E-state index contributed by atoms with van der Waals surface area (Å²) in [5.74, 6) is -0.186. The van der Waals surface area contributed by atoms with Crippen molar-refractivity contribution in [2.45, 2.75) is 12.5 Å². The van der Waals surface area contributed by atoms with Gasteiger partial charge in [-0.15, -0.1) is 5.10 Å². The fraction of sp³-hybridized carbons (Fsp3) is 0.100. The Morgan fingerprint density at radius 1 is 1.04 bits per heavy atom. The molecule has 2 aromatic heterocycles. The summed E-state index contributed by atoms with van der Waals surface area (Å²) in [6.07, 6.45) is 1.92. The summed E-state index contributed by atoms with van der Waals surface area (Å²) in [6.45, 7) is 0. The minimum atomic E-state index is -0.570. The van der Waals surface area contributed by atoms with E-state index in [-0.39, 0.29) is 11.5 Å². The van der Waals surface area contributed by atoms with Crippen LogP contribution in [0.5, 0.6) is 0 Å². The van der Waals surface area contributed by atoms with Crippen LogP contribution in [0.15, 0.2) is 77.7 Å². The van der Waals surface area contributed by atoms with Crippen molar-refractivity contribution in [2.24, 2.45) is 0 Å². The highest BCUT2D eigenvalue weighted by molar-refractivity contribution is 7.20. The van der Waals surface area contributed by atoms with Crippen molar-refractivity contribution in [1.82, 2.24) is 14.6 Å². The van der Waals surface area contributed by atoms with Gasteiger partial charge in [0.2, 0.25) is 16.0 Å². The number of benzene rings is 2. The van der Waals surface area contributed by atoms with Gasteiger partial charge in [-0.2, -0.15) is 4.52 Å². The normalized spacial score (nSPS) is 11.9. The van der Waals surface area contributed by atoms with E-state index < -0.39 is 6.04 Å². The van der Waals surface area contributed by atoms with Crippen LogP contribution < -0.4 is 16.2 Å². The number of carbonyl (C=O) groups is 1. The van der Waals surface area contributed by atoms with Crippen LogP contribution in [0.1, 0.15) is 5.56 Å². The van der Waals surface area contributed by atoms with Crippen molar-refractivity contribution >= 4 is 33.0 Å². The first-order chi connectivity index (χ1) is 13.7. The van der Waals surface area contributed by atoms with Crippen molar-refractivity contribution in [2.75, 3.05) is 10.6 Å². The summed E-state index contributed by atoms with van der Waals surface area (Å²) in [4.78, 5) is 29.4. The molecular formula is C20H17N5O2S. The quantitative estimate of drug-likeness (QED) is 0.528. The van der Waals surface area contributed by atoms with Crippen LogP contribution >= 0.6 is 11.3 Å². The molecule has 0 bridgehead atoms. The predicted molar refractivity (Wildman–Crippen MR) is 110 cm³/mol. The molecule has 2 aromatic carbocycles. The number of carbonyl (C=O) groups excluding carboxylic acids is 1. The predicted octanol–water partition coefficient (Wildman–Crippen LogP) is 2.81. The van der Waals surface area contributed by atoms with Gasteiger partial charge in [-0.3, -0.25) is 9.59 Å². The van der Waals surface area contributed by atoms with E-state index >= 15 is 0 Å². The number of nitrogens with zero attached hydrogens (tertiary/aromatic N) is 3. The molecule has 0 spiro atoms. The highest BCUT2D eigenvalue weighted by atomic mass is 32.1. The van der Waals surface area contributed by atoms with E-state index in [0.717, 1.165) is 11.3 Å². The number of anilines is 2. The lowest BCUT2D eigenvalue weighted by Gasteiger charge is -2.18.